The molecule has 1 fully saturated rings. The van der Waals surface area contributed by atoms with E-state index in [1.807, 2.05) is 36.4 Å². The van der Waals surface area contributed by atoms with E-state index >= 15 is 0 Å². The highest BCUT2D eigenvalue weighted by atomic mass is 32.2. The third kappa shape index (κ3) is 4.30. The Bertz CT molecular complexity index is 1280. The van der Waals surface area contributed by atoms with Gasteiger partial charge in [0.15, 0.2) is 11.5 Å². The second-order valence-corrected chi connectivity index (χ2v) is 8.58. The van der Waals surface area contributed by atoms with Crippen LogP contribution in [0.25, 0.3) is 16.8 Å². The predicted octanol–water partition coefficient (Wildman–Crippen LogP) is 5.45. The van der Waals surface area contributed by atoms with Crippen molar-refractivity contribution in [2.24, 2.45) is 0 Å². The molecule has 5 nitrogen and oxygen atoms in total. The average molecular weight is 462 g/mol. The van der Waals surface area contributed by atoms with E-state index < -0.39 is 5.97 Å². The molecule has 0 spiro atoms. The minimum atomic E-state index is -0.474. The van der Waals surface area contributed by atoms with E-state index in [4.69, 9.17) is 21.7 Å². The summed E-state index contributed by atoms with van der Waals surface area (Å²) in [6, 6.07) is 18.3. The summed E-state index contributed by atoms with van der Waals surface area (Å²) in [6.45, 7) is 4.03. The average Bonchev–Trinajstić information content (AvgIpc) is 3.07. The Hall–Kier alpha value is -3.42. The van der Waals surface area contributed by atoms with Gasteiger partial charge in [-0.3, -0.25) is 9.69 Å². The number of fused-ring (bicyclic) bond motifs is 1. The summed E-state index contributed by atoms with van der Waals surface area (Å²) in [7, 11) is 1.50. The van der Waals surface area contributed by atoms with Gasteiger partial charge in [0.1, 0.15) is 4.32 Å². The maximum absolute atomic E-state index is 12.9. The molecule has 0 radical (unpaired) electrons. The van der Waals surface area contributed by atoms with E-state index in [0.717, 1.165) is 16.3 Å². The summed E-state index contributed by atoms with van der Waals surface area (Å²) < 4.78 is 11.6. The SMILES string of the molecule is C=CCN1C(=O)/C(=C/c2ccc(OC(=O)c3cccc4ccccc34)c(OC)c2)SC1=S. The lowest BCUT2D eigenvalue weighted by atomic mass is 10.0. The Kier molecular flexibility index (Phi) is 6.39. The second kappa shape index (κ2) is 9.38. The minimum Gasteiger partial charge on any atom is -0.493 e. The fourth-order valence-corrected chi connectivity index (χ4v) is 4.63. The van der Waals surface area contributed by atoms with Crippen molar-refractivity contribution >= 4 is 57.0 Å². The zero-order chi connectivity index (χ0) is 22.7. The van der Waals surface area contributed by atoms with E-state index in [-0.39, 0.29) is 5.91 Å². The molecule has 0 saturated carbocycles. The number of thioether (sulfide) groups is 1. The van der Waals surface area contributed by atoms with Gasteiger partial charge in [0.2, 0.25) is 0 Å². The summed E-state index contributed by atoms with van der Waals surface area (Å²) in [5, 5.41) is 1.77. The topological polar surface area (TPSA) is 55.8 Å². The predicted molar refractivity (Wildman–Crippen MR) is 132 cm³/mol. The molecule has 0 N–H and O–H groups in total. The number of hydrogen-bond acceptors (Lipinski definition) is 6. The first-order valence-corrected chi connectivity index (χ1v) is 11.0. The monoisotopic (exact) mass is 461 g/mol. The molecule has 1 aliphatic rings. The van der Waals surface area contributed by atoms with Crippen LogP contribution in [0.2, 0.25) is 0 Å². The van der Waals surface area contributed by atoms with Crippen LogP contribution in [-0.4, -0.2) is 34.8 Å². The molecule has 1 heterocycles. The Morgan fingerprint density at radius 3 is 2.69 bits per heavy atom. The van der Waals surface area contributed by atoms with Crippen LogP contribution in [-0.2, 0) is 4.79 Å². The summed E-state index contributed by atoms with van der Waals surface area (Å²) in [4.78, 5) is 27.4. The highest BCUT2D eigenvalue weighted by Gasteiger charge is 2.31. The normalized spacial score (nSPS) is 14.8. The lowest BCUT2D eigenvalue weighted by Crippen LogP contribution is -2.27. The van der Waals surface area contributed by atoms with Crippen LogP contribution in [0.15, 0.2) is 78.2 Å². The fraction of sp³-hybridized carbons (Fsp3) is 0.0800. The van der Waals surface area contributed by atoms with Gasteiger partial charge in [0.05, 0.1) is 17.6 Å². The summed E-state index contributed by atoms with van der Waals surface area (Å²) in [5.41, 5.74) is 1.20. The fourth-order valence-electron chi connectivity index (χ4n) is 3.35. The number of hydrogen-bond donors (Lipinski definition) is 0. The third-order valence-corrected chi connectivity index (χ3v) is 6.26. The molecule has 160 valence electrons. The zero-order valence-corrected chi connectivity index (χ0v) is 18.9. The maximum Gasteiger partial charge on any atom is 0.344 e. The van der Waals surface area contributed by atoms with Gasteiger partial charge in [-0.1, -0.05) is 72.5 Å². The van der Waals surface area contributed by atoms with E-state index in [2.05, 4.69) is 6.58 Å². The van der Waals surface area contributed by atoms with Crippen molar-refractivity contribution < 1.29 is 19.1 Å². The number of nitrogens with zero attached hydrogens (tertiary/aromatic N) is 1. The number of rotatable bonds is 6. The molecule has 0 unspecified atom stereocenters. The number of benzene rings is 3. The van der Waals surface area contributed by atoms with Gasteiger partial charge in [0, 0.05) is 6.54 Å². The van der Waals surface area contributed by atoms with E-state index in [9.17, 15) is 9.59 Å². The smallest absolute Gasteiger partial charge is 0.344 e. The summed E-state index contributed by atoms with van der Waals surface area (Å²) >= 11 is 6.51. The number of esters is 1. The molecule has 1 amide bonds. The lowest BCUT2D eigenvalue weighted by Gasteiger charge is -2.11. The highest BCUT2D eigenvalue weighted by Crippen LogP contribution is 2.35. The van der Waals surface area contributed by atoms with Gasteiger partial charge >= 0.3 is 5.97 Å². The van der Waals surface area contributed by atoms with Gasteiger partial charge in [0.25, 0.3) is 5.91 Å². The van der Waals surface area contributed by atoms with Gasteiger partial charge in [-0.2, -0.15) is 0 Å². The molecular weight excluding hydrogens is 442 g/mol. The standard InChI is InChI=1S/C25H19NO4S2/c1-3-13-26-23(27)22(32-25(26)31)15-16-11-12-20(21(14-16)29-2)30-24(28)19-10-6-8-17-7-4-5-9-18(17)19/h3-12,14-15H,1,13H2,2H3/b22-15-. The van der Waals surface area contributed by atoms with Crippen LogP contribution >= 0.6 is 24.0 Å². The number of thiocarbonyl (C=S) groups is 1. The number of methoxy groups -OCH3 is 1. The van der Waals surface area contributed by atoms with Crippen molar-refractivity contribution in [3.8, 4) is 11.5 Å². The molecule has 1 aliphatic heterocycles. The molecular formula is C25H19NO4S2. The number of ether oxygens (including phenoxy) is 2. The maximum atomic E-state index is 12.9. The molecule has 4 rings (SSSR count). The van der Waals surface area contributed by atoms with Gasteiger partial charge in [-0.05, 0) is 40.6 Å². The molecule has 0 aromatic heterocycles. The molecule has 0 bridgehead atoms. The molecule has 7 heteroatoms. The third-order valence-electron chi connectivity index (χ3n) is 4.88. The van der Waals surface area contributed by atoms with Crippen molar-refractivity contribution in [2.75, 3.05) is 13.7 Å². The lowest BCUT2D eigenvalue weighted by molar-refractivity contribution is -0.121. The quantitative estimate of drug-likeness (QED) is 0.160. The van der Waals surface area contributed by atoms with Crippen molar-refractivity contribution in [1.82, 2.24) is 4.90 Å². The number of carbonyl (C=O) groups excluding carboxylic acids is 2. The van der Waals surface area contributed by atoms with E-state index in [0.29, 0.717) is 32.8 Å². The largest absolute Gasteiger partial charge is 0.493 e. The molecule has 32 heavy (non-hydrogen) atoms. The Morgan fingerprint density at radius 2 is 1.91 bits per heavy atom. The van der Waals surface area contributed by atoms with Crippen LogP contribution in [0, 0.1) is 0 Å². The number of amides is 1. The molecule has 3 aromatic rings. The van der Waals surface area contributed by atoms with Gasteiger partial charge in [-0.15, -0.1) is 6.58 Å². The van der Waals surface area contributed by atoms with Crippen molar-refractivity contribution in [3.63, 3.8) is 0 Å². The van der Waals surface area contributed by atoms with Crippen molar-refractivity contribution in [1.29, 1.82) is 0 Å². The molecule has 0 atom stereocenters. The highest BCUT2D eigenvalue weighted by molar-refractivity contribution is 8.26. The molecule has 0 aliphatic carbocycles. The zero-order valence-electron chi connectivity index (χ0n) is 17.2. The van der Waals surface area contributed by atoms with Crippen LogP contribution in [0.1, 0.15) is 15.9 Å². The van der Waals surface area contributed by atoms with Crippen LogP contribution < -0.4 is 9.47 Å². The van der Waals surface area contributed by atoms with Gasteiger partial charge < -0.3 is 9.47 Å². The van der Waals surface area contributed by atoms with Crippen LogP contribution in [0.4, 0.5) is 0 Å². The van der Waals surface area contributed by atoms with Gasteiger partial charge in [-0.25, -0.2) is 4.79 Å². The Labute approximate surface area is 195 Å². The Balaban J connectivity index is 1.59. The minimum absolute atomic E-state index is 0.162. The summed E-state index contributed by atoms with van der Waals surface area (Å²) in [5.74, 6) is 0.0409. The number of carbonyl (C=O) groups is 2. The van der Waals surface area contributed by atoms with Crippen LogP contribution in [0.3, 0.4) is 0 Å². The van der Waals surface area contributed by atoms with Crippen LogP contribution in [0.5, 0.6) is 11.5 Å². The van der Waals surface area contributed by atoms with E-state index in [1.165, 1.54) is 23.8 Å². The second-order valence-electron chi connectivity index (χ2n) is 6.91. The first-order valence-electron chi connectivity index (χ1n) is 9.76. The molecule has 3 aromatic carbocycles. The molecule has 1 saturated heterocycles. The van der Waals surface area contributed by atoms with E-state index in [1.54, 1.807) is 36.4 Å². The summed E-state index contributed by atoms with van der Waals surface area (Å²) in [6.07, 6.45) is 3.37. The van der Waals surface area contributed by atoms with Crippen molar-refractivity contribution in [2.45, 2.75) is 0 Å². The van der Waals surface area contributed by atoms with Crippen molar-refractivity contribution in [3.05, 3.63) is 89.4 Å². The Morgan fingerprint density at radius 1 is 1.12 bits per heavy atom. The first-order chi connectivity index (χ1) is 15.5. The first kappa shape index (κ1) is 21.8.